The molecule has 25 heavy (non-hydrogen) atoms. The summed E-state index contributed by atoms with van der Waals surface area (Å²) in [5.74, 6) is -0.271. The third kappa shape index (κ3) is 3.70. The highest BCUT2D eigenvalue weighted by Gasteiger charge is 2.33. The quantitative estimate of drug-likeness (QED) is 0.649. The zero-order chi connectivity index (χ0) is 17.5. The average molecular weight is 330 g/mol. The van der Waals surface area contributed by atoms with E-state index >= 15 is 0 Å². The molecule has 0 unspecified atom stereocenters. The molecule has 124 valence electrons. The number of anilines is 1. The van der Waals surface area contributed by atoms with Crippen LogP contribution in [0.4, 0.5) is 10.1 Å². The van der Waals surface area contributed by atoms with Crippen LogP contribution in [0.3, 0.4) is 0 Å². The van der Waals surface area contributed by atoms with E-state index in [9.17, 15) is 9.65 Å². The summed E-state index contributed by atoms with van der Waals surface area (Å²) in [4.78, 5) is 0. The van der Waals surface area contributed by atoms with E-state index in [0.717, 1.165) is 16.8 Å². The summed E-state index contributed by atoms with van der Waals surface area (Å²) in [6.45, 7) is 0. The Morgan fingerprint density at radius 2 is 1.32 bits per heavy atom. The summed E-state index contributed by atoms with van der Waals surface area (Å²) in [6, 6.07) is 28.7. The predicted octanol–water partition coefficient (Wildman–Crippen LogP) is 5.49. The second kappa shape index (κ2) is 7.63. The van der Waals surface area contributed by atoms with E-state index in [-0.39, 0.29) is 5.82 Å². The van der Waals surface area contributed by atoms with Gasteiger partial charge in [-0.3, -0.25) is 0 Å². The SMILES string of the molecule is N#CCCC(Nc1ccc(F)cc1)(c1ccccc1)c1ccccc1. The largest absolute Gasteiger partial charge is 0.372 e. The normalized spacial score (nSPS) is 10.9. The summed E-state index contributed by atoms with van der Waals surface area (Å²) in [6.07, 6.45) is 1.01. The maximum absolute atomic E-state index is 13.3. The van der Waals surface area contributed by atoms with Crippen LogP contribution in [0.5, 0.6) is 0 Å². The molecule has 0 saturated carbocycles. The number of rotatable bonds is 6. The molecule has 0 fully saturated rings. The van der Waals surface area contributed by atoms with Crippen molar-refractivity contribution < 1.29 is 4.39 Å². The van der Waals surface area contributed by atoms with Gasteiger partial charge in [0.05, 0.1) is 11.6 Å². The fourth-order valence-corrected chi connectivity index (χ4v) is 3.13. The molecule has 0 saturated heterocycles. The van der Waals surface area contributed by atoms with Gasteiger partial charge in [0, 0.05) is 12.1 Å². The fourth-order valence-electron chi connectivity index (χ4n) is 3.13. The van der Waals surface area contributed by atoms with E-state index in [2.05, 4.69) is 35.7 Å². The Morgan fingerprint density at radius 3 is 1.80 bits per heavy atom. The van der Waals surface area contributed by atoms with Crippen LogP contribution in [0.2, 0.25) is 0 Å². The Labute approximate surface area is 147 Å². The molecule has 0 spiro atoms. The van der Waals surface area contributed by atoms with Gasteiger partial charge < -0.3 is 5.32 Å². The molecule has 0 bridgehead atoms. The molecular formula is C22H19FN2. The molecule has 0 aromatic heterocycles. The molecule has 3 aromatic carbocycles. The van der Waals surface area contributed by atoms with Crippen molar-refractivity contribution in [2.75, 3.05) is 5.32 Å². The van der Waals surface area contributed by atoms with E-state index in [0.29, 0.717) is 12.8 Å². The number of hydrogen-bond acceptors (Lipinski definition) is 2. The zero-order valence-electron chi connectivity index (χ0n) is 13.8. The van der Waals surface area contributed by atoms with Crippen molar-refractivity contribution in [3.05, 3.63) is 102 Å². The smallest absolute Gasteiger partial charge is 0.123 e. The van der Waals surface area contributed by atoms with Gasteiger partial charge in [-0.25, -0.2) is 4.39 Å². The van der Waals surface area contributed by atoms with Gasteiger partial charge in [0.25, 0.3) is 0 Å². The van der Waals surface area contributed by atoms with Gasteiger partial charge in [0.2, 0.25) is 0 Å². The predicted molar refractivity (Wildman–Crippen MR) is 98.5 cm³/mol. The molecular weight excluding hydrogens is 311 g/mol. The van der Waals surface area contributed by atoms with Crippen LogP contribution in [0.25, 0.3) is 0 Å². The molecule has 0 atom stereocenters. The van der Waals surface area contributed by atoms with Gasteiger partial charge in [-0.15, -0.1) is 0 Å². The van der Waals surface area contributed by atoms with Gasteiger partial charge in [-0.1, -0.05) is 60.7 Å². The molecule has 0 radical (unpaired) electrons. The number of nitrogens with one attached hydrogen (secondary N) is 1. The Morgan fingerprint density at radius 1 is 0.800 bits per heavy atom. The molecule has 3 heteroatoms. The third-order valence-corrected chi connectivity index (χ3v) is 4.35. The van der Waals surface area contributed by atoms with Gasteiger partial charge in [0.15, 0.2) is 0 Å². The molecule has 0 heterocycles. The Hall–Kier alpha value is -3.12. The lowest BCUT2D eigenvalue weighted by Crippen LogP contribution is -2.36. The van der Waals surface area contributed by atoms with Crippen LogP contribution in [0.15, 0.2) is 84.9 Å². The van der Waals surface area contributed by atoms with E-state index < -0.39 is 5.54 Å². The first-order valence-corrected chi connectivity index (χ1v) is 8.26. The van der Waals surface area contributed by atoms with Crippen molar-refractivity contribution in [3.63, 3.8) is 0 Å². The van der Waals surface area contributed by atoms with Crippen LogP contribution in [0, 0.1) is 17.1 Å². The van der Waals surface area contributed by atoms with Crippen molar-refractivity contribution >= 4 is 5.69 Å². The summed E-state index contributed by atoms with van der Waals surface area (Å²) < 4.78 is 13.3. The minimum atomic E-state index is -0.559. The minimum absolute atomic E-state index is 0.271. The first-order chi connectivity index (χ1) is 12.2. The lowest BCUT2D eigenvalue weighted by atomic mass is 9.79. The second-order valence-corrected chi connectivity index (χ2v) is 5.93. The van der Waals surface area contributed by atoms with Crippen LogP contribution < -0.4 is 5.32 Å². The Kier molecular flexibility index (Phi) is 5.11. The topological polar surface area (TPSA) is 35.8 Å². The zero-order valence-corrected chi connectivity index (χ0v) is 13.8. The number of hydrogen-bond donors (Lipinski definition) is 1. The molecule has 3 aromatic rings. The third-order valence-electron chi connectivity index (χ3n) is 4.35. The van der Waals surface area contributed by atoms with Crippen molar-refractivity contribution in [2.24, 2.45) is 0 Å². The maximum Gasteiger partial charge on any atom is 0.123 e. The van der Waals surface area contributed by atoms with Crippen LogP contribution >= 0.6 is 0 Å². The number of benzene rings is 3. The highest BCUT2D eigenvalue weighted by atomic mass is 19.1. The van der Waals surface area contributed by atoms with Gasteiger partial charge >= 0.3 is 0 Å². The molecule has 0 aliphatic heterocycles. The summed E-state index contributed by atoms with van der Waals surface area (Å²) in [5, 5.41) is 12.8. The van der Waals surface area contributed by atoms with Gasteiger partial charge in [0.1, 0.15) is 5.82 Å². The van der Waals surface area contributed by atoms with Crippen molar-refractivity contribution in [3.8, 4) is 6.07 Å². The lowest BCUT2D eigenvalue weighted by molar-refractivity contribution is 0.544. The molecule has 2 nitrogen and oxygen atoms in total. The summed E-state index contributed by atoms with van der Waals surface area (Å²) in [5.41, 5.74) is 2.39. The van der Waals surface area contributed by atoms with E-state index in [1.54, 1.807) is 12.1 Å². The van der Waals surface area contributed by atoms with Crippen LogP contribution in [0.1, 0.15) is 24.0 Å². The maximum atomic E-state index is 13.3. The number of halogens is 1. The monoisotopic (exact) mass is 330 g/mol. The second-order valence-electron chi connectivity index (χ2n) is 5.93. The van der Waals surface area contributed by atoms with E-state index in [1.807, 2.05) is 36.4 Å². The summed E-state index contributed by atoms with van der Waals surface area (Å²) >= 11 is 0. The van der Waals surface area contributed by atoms with Crippen molar-refractivity contribution in [1.82, 2.24) is 0 Å². The summed E-state index contributed by atoms with van der Waals surface area (Å²) in [7, 11) is 0. The minimum Gasteiger partial charge on any atom is -0.372 e. The van der Waals surface area contributed by atoms with Crippen molar-refractivity contribution in [1.29, 1.82) is 5.26 Å². The molecule has 1 N–H and O–H groups in total. The standard InChI is InChI=1S/C22H19FN2/c23-20-12-14-21(15-13-20)25-22(16-7-17-24,18-8-3-1-4-9-18)19-10-5-2-6-11-19/h1-6,8-15,25H,7,16H2. The van der Waals surface area contributed by atoms with Crippen LogP contribution in [-0.2, 0) is 5.54 Å². The molecule has 3 rings (SSSR count). The lowest BCUT2D eigenvalue weighted by Gasteiger charge is -2.37. The molecule has 0 aliphatic carbocycles. The van der Waals surface area contributed by atoms with E-state index in [1.165, 1.54) is 12.1 Å². The first-order valence-electron chi connectivity index (χ1n) is 8.26. The highest BCUT2D eigenvalue weighted by Crippen LogP contribution is 2.37. The van der Waals surface area contributed by atoms with E-state index in [4.69, 9.17) is 0 Å². The van der Waals surface area contributed by atoms with Crippen molar-refractivity contribution in [2.45, 2.75) is 18.4 Å². The van der Waals surface area contributed by atoms with Gasteiger partial charge in [-0.2, -0.15) is 5.26 Å². The Balaban J connectivity index is 2.13. The first kappa shape index (κ1) is 16.7. The Bertz CT molecular complexity index is 797. The van der Waals surface area contributed by atoms with Crippen LogP contribution in [-0.4, -0.2) is 0 Å². The fraction of sp³-hybridized carbons (Fsp3) is 0.136. The number of nitrogens with zero attached hydrogens (tertiary/aromatic N) is 1. The highest BCUT2D eigenvalue weighted by molar-refractivity contribution is 5.53. The molecule has 0 aliphatic rings. The molecule has 0 amide bonds. The number of nitriles is 1. The average Bonchev–Trinajstić information content (AvgIpc) is 2.68. The van der Waals surface area contributed by atoms with Gasteiger partial charge in [-0.05, 0) is 41.8 Å².